The van der Waals surface area contributed by atoms with Gasteiger partial charge in [-0.15, -0.1) is 0 Å². The van der Waals surface area contributed by atoms with Crippen molar-refractivity contribution in [3.8, 4) is 17.2 Å². The number of rotatable bonds is 11. The van der Waals surface area contributed by atoms with Crippen LogP contribution in [0, 0.1) is 6.92 Å². The Hall–Kier alpha value is -3.01. The van der Waals surface area contributed by atoms with Crippen LogP contribution in [0.25, 0.3) is 0 Å². The normalized spacial score (nSPS) is 11.4. The molecule has 0 saturated heterocycles. The Labute approximate surface area is 205 Å². The largest absolute Gasteiger partial charge is 0.493 e. The Morgan fingerprint density at radius 2 is 1.79 bits per heavy atom. The number of nitrogens with one attached hydrogen (secondary N) is 1. The SMILES string of the molecule is COc1ccc(COc2cc(Cl)cnc2NS(=O)(=O)c2ccccc2C)cc1OCCN(C)C. The summed E-state index contributed by atoms with van der Waals surface area (Å²) in [4.78, 5) is 6.31. The Kier molecular flexibility index (Phi) is 8.60. The summed E-state index contributed by atoms with van der Waals surface area (Å²) >= 11 is 6.10. The molecule has 34 heavy (non-hydrogen) atoms. The molecule has 182 valence electrons. The molecule has 0 atom stereocenters. The number of aromatic nitrogens is 1. The molecule has 2 aromatic carbocycles. The first-order chi connectivity index (χ1) is 16.2. The van der Waals surface area contributed by atoms with Crippen LogP contribution in [0.1, 0.15) is 11.1 Å². The molecule has 0 aliphatic rings. The summed E-state index contributed by atoms with van der Waals surface area (Å²) in [6.45, 7) is 3.11. The highest BCUT2D eigenvalue weighted by atomic mass is 35.5. The van der Waals surface area contributed by atoms with E-state index in [1.165, 1.54) is 18.3 Å². The fourth-order valence-corrected chi connectivity index (χ4v) is 4.49. The number of anilines is 1. The van der Waals surface area contributed by atoms with Crippen molar-refractivity contribution in [3.05, 3.63) is 70.9 Å². The summed E-state index contributed by atoms with van der Waals surface area (Å²) in [5.74, 6) is 1.45. The highest BCUT2D eigenvalue weighted by Crippen LogP contribution is 2.31. The Morgan fingerprint density at radius 3 is 2.50 bits per heavy atom. The van der Waals surface area contributed by atoms with E-state index < -0.39 is 10.0 Å². The molecule has 0 fully saturated rings. The number of nitrogens with zero attached hydrogens (tertiary/aromatic N) is 2. The molecular formula is C24H28ClN3O5S. The number of methoxy groups -OCH3 is 1. The van der Waals surface area contributed by atoms with Gasteiger partial charge in [-0.3, -0.25) is 4.72 Å². The van der Waals surface area contributed by atoms with Crippen molar-refractivity contribution < 1.29 is 22.6 Å². The topological polar surface area (TPSA) is 90.0 Å². The number of aryl methyl sites for hydroxylation is 1. The van der Waals surface area contributed by atoms with Gasteiger partial charge in [-0.2, -0.15) is 0 Å². The lowest BCUT2D eigenvalue weighted by molar-refractivity contribution is 0.249. The van der Waals surface area contributed by atoms with Crippen molar-refractivity contribution >= 4 is 27.4 Å². The molecule has 0 aliphatic carbocycles. The lowest BCUT2D eigenvalue weighted by Gasteiger charge is -2.16. The fraction of sp³-hybridized carbons (Fsp3) is 0.292. The number of ether oxygens (including phenoxy) is 3. The Morgan fingerprint density at radius 1 is 1.03 bits per heavy atom. The maximum Gasteiger partial charge on any atom is 0.263 e. The molecule has 8 nitrogen and oxygen atoms in total. The molecule has 0 spiro atoms. The molecule has 0 unspecified atom stereocenters. The predicted octanol–water partition coefficient (Wildman–Crippen LogP) is 4.37. The molecule has 0 radical (unpaired) electrons. The second-order valence-electron chi connectivity index (χ2n) is 7.80. The molecule has 0 saturated carbocycles. The maximum absolute atomic E-state index is 12.9. The van der Waals surface area contributed by atoms with Gasteiger partial charge in [-0.25, -0.2) is 13.4 Å². The van der Waals surface area contributed by atoms with Gasteiger partial charge in [0.25, 0.3) is 10.0 Å². The summed E-state index contributed by atoms with van der Waals surface area (Å²) in [6, 6.07) is 13.7. The van der Waals surface area contributed by atoms with Crippen molar-refractivity contribution in [2.24, 2.45) is 0 Å². The zero-order valence-corrected chi connectivity index (χ0v) is 21.1. The van der Waals surface area contributed by atoms with Crippen molar-refractivity contribution in [3.63, 3.8) is 0 Å². The molecule has 0 aliphatic heterocycles. The first-order valence-electron chi connectivity index (χ1n) is 10.5. The van der Waals surface area contributed by atoms with E-state index in [0.29, 0.717) is 28.7 Å². The first kappa shape index (κ1) is 25.6. The van der Waals surface area contributed by atoms with Crippen LogP contribution in [0.2, 0.25) is 5.02 Å². The molecule has 3 aromatic rings. The van der Waals surface area contributed by atoms with Gasteiger partial charge in [-0.1, -0.05) is 35.9 Å². The average Bonchev–Trinajstić information content (AvgIpc) is 2.79. The van der Waals surface area contributed by atoms with Gasteiger partial charge in [0.1, 0.15) is 13.2 Å². The van der Waals surface area contributed by atoms with Crippen LogP contribution in [0.3, 0.4) is 0 Å². The summed E-state index contributed by atoms with van der Waals surface area (Å²) in [7, 11) is 1.64. The van der Waals surface area contributed by atoms with E-state index >= 15 is 0 Å². The zero-order chi connectivity index (χ0) is 24.7. The van der Waals surface area contributed by atoms with E-state index in [1.807, 2.05) is 31.1 Å². The van der Waals surface area contributed by atoms with Gasteiger partial charge < -0.3 is 19.1 Å². The smallest absolute Gasteiger partial charge is 0.263 e. The van der Waals surface area contributed by atoms with Gasteiger partial charge in [0.2, 0.25) is 0 Å². The van der Waals surface area contributed by atoms with E-state index in [0.717, 1.165) is 12.1 Å². The highest BCUT2D eigenvalue weighted by molar-refractivity contribution is 7.92. The third-order valence-corrected chi connectivity index (χ3v) is 6.56. The molecule has 0 amide bonds. The minimum atomic E-state index is -3.87. The summed E-state index contributed by atoms with van der Waals surface area (Å²) in [5.41, 5.74) is 1.42. The first-order valence-corrected chi connectivity index (χ1v) is 12.4. The molecule has 10 heteroatoms. The third-order valence-electron chi connectivity index (χ3n) is 4.85. The van der Waals surface area contributed by atoms with E-state index in [1.54, 1.807) is 38.3 Å². The molecule has 3 rings (SSSR count). The van der Waals surface area contributed by atoms with Crippen LogP contribution in [0.15, 0.2) is 59.6 Å². The predicted molar refractivity (Wildman–Crippen MR) is 133 cm³/mol. The third kappa shape index (κ3) is 6.75. The number of hydrogen-bond donors (Lipinski definition) is 1. The lowest BCUT2D eigenvalue weighted by atomic mass is 10.2. The number of sulfonamides is 1. The van der Waals surface area contributed by atoms with Crippen molar-refractivity contribution in [2.75, 3.05) is 39.1 Å². The fourth-order valence-electron chi connectivity index (χ4n) is 3.07. The lowest BCUT2D eigenvalue weighted by Crippen LogP contribution is -2.19. The van der Waals surface area contributed by atoms with Gasteiger partial charge in [0.05, 0.1) is 17.0 Å². The second kappa shape index (κ2) is 11.4. The van der Waals surface area contributed by atoms with Crippen molar-refractivity contribution in [2.45, 2.75) is 18.4 Å². The molecular weight excluding hydrogens is 478 g/mol. The number of likely N-dealkylation sites (N-methyl/N-ethyl adjacent to an activating group) is 1. The van der Waals surface area contributed by atoms with Gasteiger partial charge >= 0.3 is 0 Å². The number of hydrogen-bond acceptors (Lipinski definition) is 7. The summed E-state index contributed by atoms with van der Waals surface area (Å²) < 4.78 is 45.5. The van der Waals surface area contributed by atoms with Gasteiger partial charge in [0.15, 0.2) is 23.1 Å². The molecule has 1 N–H and O–H groups in total. The summed E-state index contributed by atoms with van der Waals surface area (Å²) in [5, 5.41) is 0.316. The minimum absolute atomic E-state index is 0.0450. The monoisotopic (exact) mass is 505 g/mol. The van der Waals surface area contributed by atoms with Crippen LogP contribution in [-0.4, -0.2) is 52.7 Å². The molecule has 0 bridgehead atoms. The van der Waals surface area contributed by atoms with E-state index in [4.69, 9.17) is 25.8 Å². The number of halogens is 1. The highest BCUT2D eigenvalue weighted by Gasteiger charge is 2.20. The minimum Gasteiger partial charge on any atom is -0.493 e. The standard InChI is InChI=1S/C24H28ClN3O5S/c1-17-7-5-6-8-23(17)34(29,30)27-24-22(14-19(25)15-26-24)33-16-18-9-10-20(31-4)21(13-18)32-12-11-28(2)3/h5-10,13-15H,11-12,16H2,1-4H3,(H,26,27). The second-order valence-corrected chi connectivity index (χ2v) is 9.88. The van der Waals surface area contributed by atoms with Crippen molar-refractivity contribution in [1.82, 2.24) is 9.88 Å². The van der Waals surface area contributed by atoms with Crippen LogP contribution in [-0.2, 0) is 16.6 Å². The van der Waals surface area contributed by atoms with Crippen molar-refractivity contribution in [1.29, 1.82) is 0 Å². The van der Waals surface area contributed by atoms with E-state index in [2.05, 4.69) is 9.71 Å². The maximum atomic E-state index is 12.9. The average molecular weight is 506 g/mol. The van der Waals surface area contributed by atoms with E-state index in [9.17, 15) is 8.42 Å². The van der Waals surface area contributed by atoms with Crippen LogP contribution < -0.4 is 18.9 Å². The summed E-state index contributed by atoms with van der Waals surface area (Å²) in [6.07, 6.45) is 1.36. The number of benzene rings is 2. The van der Waals surface area contributed by atoms with Gasteiger partial charge in [-0.05, 0) is 50.3 Å². The zero-order valence-electron chi connectivity index (χ0n) is 19.5. The van der Waals surface area contributed by atoms with Crippen LogP contribution in [0.5, 0.6) is 17.2 Å². The van der Waals surface area contributed by atoms with Crippen LogP contribution >= 0.6 is 11.6 Å². The Balaban J connectivity index is 1.79. The van der Waals surface area contributed by atoms with Gasteiger partial charge in [0, 0.05) is 18.8 Å². The molecule has 1 heterocycles. The quantitative estimate of drug-likeness (QED) is 0.413. The Bertz CT molecular complexity index is 1240. The number of pyridine rings is 1. The van der Waals surface area contributed by atoms with E-state index in [-0.39, 0.29) is 23.1 Å². The molecule has 1 aromatic heterocycles. The van der Waals surface area contributed by atoms with Crippen LogP contribution in [0.4, 0.5) is 5.82 Å².